The van der Waals surface area contributed by atoms with E-state index < -0.39 is 0 Å². The zero-order chi connectivity index (χ0) is 13.7. The summed E-state index contributed by atoms with van der Waals surface area (Å²) in [5, 5.41) is 7.13. The average Bonchev–Trinajstić information content (AvgIpc) is 3.02. The number of nitrogens with one attached hydrogen (secondary N) is 2. The van der Waals surface area contributed by atoms with Crippen LogP contribution in [0, 0.1) is 5.92 Å². The van der Waals surface area contributed by atoms with E-state index in [0.29, 0.717) is 23.0 Å². The van der Waals surface area contributed by atoms with E-state index in [1.807, 2.05) is 13.0 Å². The summed E-state index contributed by atoms with van der Waals surface area (Å²) >= 11 is 1.41. The summed E-state index contributed by atoms with van der Waals surface area (Å²) in [7, 11) is 0. The summed E-state index contributed by atoms with van der Waals surface area (Å²) in [4.78, 5) is 12.5. The maximum atomic E-state index is 11.9. The highest BCUT2D eigenvalue weighted by atomic mass is 32.1. The lowest BCUT2D eigenvalue weighted by atomic mass is 10.1. The predicted octanol–water partition coefficient (Wildman–Crippen LogP) is 1.92. The molecule has 2 rings (SSSR count). The van der Waals surface area contributed by atoms with Gasteiger partial charge in [-0.05, 0) is 18.9 Å². The molecule has 1 aromatic rings. The molecule has 0 aromatic carbocycles. The van der Waals surface area contributed by atoms with Crippen LogP contribution in [0.5, 0.6) is 0 Å². The molecule has 19 heavy (non-hydrogen) atoms. The van der Waals surface area contributed by atoms with Gasteiger partial charge in [-0.25, -0.2) is 0 Å². The quantitative estimate of drug-likeness (QED) is 0.745. The Kier molecular flexibility index (Phi) is 5.04. The maximum Gasteiger partial charge on any atom is 0.263 e. The second kappa shape index (κ2) is 6.77. The molecule has 5 nitrogen and oxygen atoms in total. The van der Waals surface area contributed by atoms with Crippen LogP contribution in [0.1, 0.15) is 29.4 Å². The Morgan fingerprint density at radius 3 is 3.16 bits per heavy atom. The Hall–Kier alpha value is -1.27. The standard InChI is InChI=1S/C13H21N3O2S/c1-2-4-15-13(17)12-10(14)6-11(19-12)16-7-9-3-5-18-8-9/h6,9,16H,2-5,7-8,14H2,1H3,(H,15,17). The van der Waals surface area contributed by atoms with Crippen molar-refractivity contribution in [3.63, 3.8) is 0 Å². The van der Waals surface area contributed by atoms with Gasteiger partial charge >= 0.3 is 0 Å². The summed E-state index contributed by atoms with van der Waals surface area (Å²) in [6.07, 6.45) is 2.02. The molecule has 2 heterocycles. The first-order valence-corrected chi connectivity index (χ1v) is 7.51. The normalized spacial score (nSPS) is 18.5. The average molecular weight is 283 g/mol. The Bertz CT molecular complexity index is 428. The van der Waals surface area contributed by atoms with Crippen LogP contribution in [-0.4, -0.2) is 32.2 Å². The summed E-state index contributed by atoms with van der Waals surface area (Å²) in [5.41, 5.74) is 6.43. The number of nitrogens with two attached hydrogens (primary N) is 1. The van der Waals surface area contributed by atoms with E-state index in [4.69, 9.17) is 10.5 Å². The van der Waals surface area contributed by atoms with Gasteiger partial charge in [0.25, 0.3) is 5.91 Å². The molecular weight excluding hydrogens is 262 g/mol. The minimum Gasteiger partial charge on any atom is -0.397 e. The van der Waals surface area contributed by atoms with Gasteiger partial charge in [-0.15, -0.1) is 11.3 Å². The number of nitrogen functional groups attached to an aromatic ring is 1. The second-order valence-electron chi connectivity index (χ2n) is 4.76. The predicted molar refractivity (Wildman–Crippen MR) is 78.8 cm³/mol. The SMILES string of the molecule is CCCNC(=O)c1sc(NCC2CCOC2)cc1N. The molecule has 106 valence electrons. The first-order chi connectivity index (χ1) is 9.20. The van der Waals surface area contributed by atoms with Crippen molar-refractivity contribution in [2.24, 2.45) is 5.92 Å². The number of rotatable bonds is 6. The number of thiophene rings is 1. The van der Waals surface area contributed by atoms with E-state index in [1.54, 1.807) is 0 Å². The molecule has 1 fully saturated rings. The molecule has 0 bridgehead atoms. The minimum atomic E-state index is -0.0819. The molecule has 0 aliphatic carbocycles. The molecule has 1 atom stereocenters. The number of carbonyl (C=O) groups is 1. The molecule has 1 unspecified atom stereocenters. The van der Waals surface area contributed by atoms with Crippen molar-refractivity contribution >= 4 is 27.9 Å². The van der Waals surface area contributed by atoms with Gasteiger partial charge in [-0.3, -0.25) is 4.79 Å². The molecule has 1 saturated heterocycles. The van der Waals surface area contributed by atoms with E-state index in [2.05, 4.69) is 10.6 Å². The number of amides is 1. The van der Waals surface area contributed by atoms with Crippen LogP contribution < -0.4 is 16.4 Å². The lowest BCUT2D eigenvalue weighted by Gasteiger charge is -2.08. The van der Waals surface area contributed by atoms with E-state index in [0.717, 1.165) is 37.6 Å². The van der Waals surface area contributed by atoms with E-state index >= 15 is 0 Å². The molecule has 6 heteroatoms. The van der Waals surface area contributed by atoms with Crippen LogP contribution in [-0.2, 0) is 4.74 Å². The second-order valence-corrected chi connectivity index (χ2v) is 5.81. The monoisotopic (exact) mass is 283 g/mol. The van der Waals surface area contributed by atoms with Crippen molar-refractivity contribution in [2.75, 3.05) is 37.4 Å². The van der Waals surface area contributed by atoms with E-state index in [-0.39, 0.29) is 5.91 Å². The van der Waals surface area contributed by atoms with Crippen LogP contribution in [0.2, 0.25) is 0 Å². The third-order valence-corrected chi connectivity index (χ3v) is 4.20. The maximum absolute atomic E-state index is 11.9. The zero-order valence-electron chi connectivity index (χ0n) is 11.2. The van der Waals surface area contributed by atoms with Crippen LogP contribution >= 0.6 is 11.3 Å². The van der Waals surface area contributed by atoms with Gasteiger partial charge in [0.2, 0.25) is 0 Å². The smallest absolute Gasteiger partial charge is 0.263 e. The van der Waals surface area contributed by atoms with E-state index in [1.165, 1.54) is 11.3 Å². The Morgan fingerprint density at radius 2 is 2.47 bits per heavy atom. The highest BCUT2D eigenvalue weighted by Crippen LogP contribution is 2.29. The molecular formula is C13H21N3O2S. The minimum absolute atomic E-state index is 0.0819. The number of hydrogen-bond acceptors (Lipinski definition) is 5. The highest BCUT2D eigenvalue weighted by Gasteiger charge is 2.17. The van der Waals surface area contributed by atoms with Gasteiger partial charge in [0.1, 0.15) is 4.88 Å². The first-order valence-electron chi connectivity index (χ1n) is 6.69. The van der Waals surface area contributed by atoms with Gasteiger partial charge < -0.3 is 21.1 Å². The van der Waals surface area contributed by atoms with Crippen LogP contribution in [0.25, 0.3) is 0 Å². The molecule has 4 N–H and O–H groups in total. The summed E-state index contributed by atoms with van der Waals surface area (Å²) in [6, 6.07) is 1.83. The van der Waals surface area contributed by atoms with E-state index in [9.17, 15) is 4.79 Å². The fourth-order valence-corrected chi connectivity index (χ4v) is 2.88. The Morgan fingerprint density at radius 1 is 1.63 bits per heavy atom. The molecule has 1 aliphatic rings. The van der Waals surface area contributed by atoms with Gasteiger partial charge in [-0.2, -0.15) is 0 Å². The van der Waals surface area contributed by atoms with Crippen molar-refractivity contribution in [2.45, 2.75) is 19.8 Å². The number of ether oxygens (including phenoxy) is 1. The molecule has 1 amide bonds. The lowest BCUT2D eigenvalue weighted by molar-refractivity contribution is 0.0958. The van der Waals surface area contributed by atoms with Gasteiger partial charge in [0.05, 0.1) is 17.3 Å². The van der Waals surface area contributed by atoms with Gasteiger partial charge in [-0.1, -0.05) is 6.92 Å². The molecule has 0 spiro atoms. The summed E-state index contributed by atoms with van der Waals surface area (Å²) in [6.45, 7) is 5.24. The lowest BCUT2D eigenvalue weighted by Crippen LogP contribution is -2.23. The fraction of sp³-hybridized carbons (Fsp3) is 0.615. The Balaban J connectivity index is 1.89. The summed E-state index contributed by atoms with van der Waals surface area (Å²) < 4.78 is 5.33. The van der Waals surface area contributed by atoms with Gasteiger partial charge in [0.15, 0.2) is 0 Å². The number of carbonyl (C=O) groups excluding carboxylic acids is 1. The molecule has 0 radical (unpaired) electrons. The van der Waals surface area contributed by atoms with Crippen LogP contribution in [0.4, 0.5) is 10.7 Å². The topological polar surface area (TPSA) is 76.4 Å². The third-order valence-electron chi connectivity index (χ3n) is 3.09. The van der Waals surface area contributed by atoms with Crippen molar-refractivity contribution in [3.05, 3.63) is 10.9 Å². The molecule has 1 aliphatic heterocycles. The van der Waals surface area contributed by atoms with Gasteiger partial charge in [0, 0.05) is 25.6 Å². The van der Waals surface area contributed by atoms with Crippen molar-refractivity contribution in [3.8, 4) is 0 Å². The van der Waals surface area contributed by atoms with Crippen LogP contribution in [0.3, 0.4) is 0 Å². The van der Waals surface area contributed by atoms with Crippen molar-refractivity contribution in [1.29, 1.82) is 0 Å². The van der Waals surface area contributed by atoms with Crippen LogP contribution in [0.15, 0.2) is 6.07 Å². The zero-order valence-corrected chi connectivity index (χ0v) is 12.0. The summed E-state index contributed by atoms with van der Waals surface area (Å²) in [5.74, 6) is 0.474. The largest absolute Gasteiger partial charge is 0.397 e. The number of anilines is 2. The molecule has 0 saturated carbocycles. The Labute approximate surface area is 117 Å². The highest BCUT2D eigenvalue weighted by molar-refractivity contribution is 7.18. The van der Waals surface area contributed by atoms with Crippen molar-refractivity contribution in [1.82, 2.24) is 5.32 Å². The third kappa shape index (κ3) is 3.84. The van der Waals surface area contributed by atoms with Crippen molar-refractivity contribution < 1.29 is 9.53 Å². The fourth-order valence-electron chi connectivity index (χ4n) is 1.98. The molecule has 1 aromatic heterocycles. The first kappa shape index (κ1) is 14.1. The number of hydrogen-bond donors (Lipinski definition) is 3.